The highest BCUT2D eigenvalue weighted by Gasteiger charge is 2.30. The summed E-state index contributed by atoms with van der Waals surface area (Å²) in [6, 6.07) is -0.178. The molecule has 0 aromatic carbocycles. The van der Waals surface area contributed by atoms with Crippen molar-refractivity contribution in [2.45, 2.75) is 44.0 Å². The smallest absolute Gasteiger partial charge is 0.332 e. The van der Waals surface area contributed by atoms with Crippen molar-refractivity contribution in [2.24, 2.45) is 0 Å². The van der Waals surface area contributed by atoms with Crippen molar-refractivity contribution in [1.29, 1.82) is 0 Å². The van der Waals surface area contributed by atoms with Crippen LogP contribution in [0.15, 0.2) is 0 Å². The molecule has 2 aliphatic rings. The molecule has 2 rings (SSSR count). The van der Waals surface area contributed by atoms with E-state index in [1.165, 1.54) is 0 Å². The van der Waals surface area contributed by atoms with E-state index in [-0.39, 0.29) is 18.2 Å². The Morgan fingerprint density at radius 1 is 1.30 bits per heavy atom. The van der Waals surface area contributed by atoms with Crippen LogP contribution in [0.1, 0.15) is 25.7 Å². The van der Waals surface area contributed by atoms with E-state index in [0.29, 0.717) is 25.9 Å². The molecule has 2 fully saturated rings. The van der Waals surface area contributed by atoms with E-state index in [9.17, 15) is 9.59 Å². The summed E-state index contributed by atoms with van der Waals surface area (Å²) in [4.78, 5) is 24.2. The zero-order chi connectivity index (χ0) is 14.5. The summed E-state index contributed by atoms with van der Waals surface area (Å²) in [7, 11) is 1.73. The summed E-state index contributed by atoms with van der Waals surface area (Å²) >= 11 is 0. The van der Waals surface area contributed by atoms with E-state index < -0.39 is 12.1 Å². The number of nitrogens with zero attached hydrogens (tertiary/aromatic N) is 1. The van der Waals surface area contributed by atoms with Gasteiger partial charge in [0.2, 0.25) is 0 Å². The highest BCUT2D eigenvalue weighted by Crippen LogP contribution is 2.19. The molecule has 2 N–H and O–H groups in total. The maximum atomic E-state index is 11.9. The van der Waals surface area contributed by atoms with Gasteiger partial charge < -0.3 is 24.8 Å². The third kappa shape index (κ3) is 4.08. The molecule has 7 heteroatoms. The minimum atomic E-state index is -0.936. The molecule has 7 nitrogen and oxygen atoms in total. The van der Waals surface area contributed by atoms with Crippen molar-refractivity contribution in [2.75, 3.05) is 26.7 Å². The number of ether oxygens (including phenoxy) is 2. The predicted molar refractivity (Wildman–Crippen MR) is 70.5 cm³/mol. The van der Waals surface area contributed by atoms with E-state index in [4.69, 9.17) is 14.6 Å². The van der Waals surface area contributed by atoms with Crippen LogP contribution in [0.2, 0.25) is 0 Å². The van der Waals surface area contributed by atoms with Gasteiger partial charge in [-0.1, -0.05) is 0 Å². The molecule has 2 heterocycles. The number of carboxylic acids is 1. The van der Waals surface area contributed by atoms with Crippen LogP contribution in [0, 0.1) is 0 Å². The summed E-state index contributed by atoms with van der Waals surface area (Å²) in [5.74, 6) is -0.936. The largest absolute Gasteiger partial charge is 0.479 e. The summed E-state index contributed by atoms with van der Waals surface area (Å²) in [6.07, 6.45) is 2.38. The molecule has 2 saturated heterocycles. The number of carboxylic acid groups (broad SMARTS) is 1. The van der Waals surface area contributed by atoms with Crippen LogP contribution in [0.5, 0.6) is 0 Å². The molecule has 114 valence electrons. The predicted octanol–water partition coefficient (Wildman–Crippen LogP) is 0.439. The summed E-state index contributed by atoms with van der Waals surface area (Å²) in [5.41, 5.74) is 0. The molecular formula is C13H22N2O5. The molecule has 0 aliphatic carbocycles. The fourth-order valence-electron chi connectivity index (χ4n) is 2.55. The Balaban J connectivity index is 1.65. The van der Waals surface area contributed by atoms with E-state index in [2.05, 4.69) is 5.32 Å². The van der Waals surface area contributed by atoms with Gasteiger partial charge in [0.25, 0.3) is 0 Å². The van der Waals surface area contributed by atoms with Gasteiger partial charge in [-0.2, -0.15) is 0 Å². The van der Waals surface area contributed by atoms with Crippen LogP contribution < -0.4 is 5.32 Å². The number of hydrogen-bond acceptors (Lipinski definition) is 4. The Kier molecular flexibility index (Phi) is 5.19. The molecular weight excluding hydrogens is 264 g/mol. The maximum absolute atomic E-state index is 11.9. The lowest BCUT2D eigenvalue weighted by molar-refractivity contribution is -0.149. The molecule has 3 unspecified atom stereocenters. The maximum Gasteiger partial charge on any atom is 0.332 e. The van der Waals surface area contributed by atoms with Gasteiger partial charge in [0.05, 0.1) is 12.2 Å². The topological polar surface area (TPSA) is 88.1 Å². The summed E-state index contributed by atoms with van der Waals surface area (Å²) < 4.78 is 10.8. The average Bonchev–Trinajstić information content (AvgIpc) is 3.06. The Labute approximate surface area is 118 Å². The van der Waals surface area contributed by atoms with Gasteiger partial charge in [0.1, 0.15) is 0 Å². The average molecular weight is 286 g/mol. The number of amides is 2. The van der Waals surface area contributed by atoms with Gasteiger partial charge in [-0.15, -0.1) is 0 Å². The van der Waals surface area contributed by atoms with E-state index in [1.54, 1.807) is 11.9 Å². The second-order valence-corrected chi connectivity index (χ2v) is 5.36. The first-order chi connectivity index (χ1) is 9.56. The molecule has 3 atom stereocenters. The van der Waals surface area contributed by atoms with Gasteiger partial charge in [-0.3, -0.25) is 0 Å². The van der Waals surface area contributed by atoms with Crippen molar-refractivity contribution >= 4 is 12.0 Å². The second-order valence-electron chi connectivity index (χ2n) is 5.36. The first-order valence-electron chi connectivity index (χ1n) is 7.05. The molecule has 0 bridgehead atoms. The zero-order valence-corrected chi connectivity index (χ0v) is 11.7. The number of nitrogens with one attached hydrogen (secondary N) is 1. The monoisotopic (exact) mass is 286 g/mol. The number of aliphatic carboxylic acids is 1. The molecule has 0 aromatic rings. The number of likely N-dealkylation sites (N-methyl/N-ethyl adjacent to an activating group) is 1. The van der Waals surface area contributed by atoms with Crippen LogP contribution in [0.3, 0.4) is 0 Å². The van der Waals surface area contributed by atoms with Crippen LogP contribution in [-0.4, -0.2) is 67.1 Å². The number of rotatable bonds is 5. The Morgan fingerprint density at radius 2 is 2.10 bits per heavy atom. The lowest BCUT2D eigenvalue weighted by Crippen LogP contribution is -2.43. The Bertz CT molecular complexity index is 357. The van der Waals surface area contributed by atoms with Crippen molar-refractivity contribution in [3.63, 3.8) is 0 Å². The molecule has 2 aliphatic heterocycles. The van der Waals surface area contributed by atoms with Crippen molar-refractivity contribution in [1.82, 2.24) is 10.2 Å². The lowest BCUT2D eigenvalue weighted by Gasteiger charge is -2.22. The van der Waals surface area contributed by atoms with E-state index in [0.717, 1.165) is 19.4 Å². The molecule has 0 radical (unpaired) electrons. The van der Waals surface area contributed by atoms with Crippen molar-refractivity contribution in [3.05, 3.63) is 0 Å². The van der Waals surface area contributed by atoms with Gasteiger partial charge in [-0.05, 0) is 25.7 Å². The van der Waals surface area contributed by atoms with Crippen LogP contribution in [0.4, 0.5) is 4.79 Å². The van der Waals surface area contributed by atoms with Crippen LogP contribution >= 0.6 is 0 Å². The molecule has 0 spiro atoms. The highest BCUT2D eigenvalue weighted by molar-refractivity contribution is 5.74. The van der Waals surface area contributed by atoms with Gasteiger partial charge in [0, 0.05) is 26.7 Å². The first-order valence-corrected chi connectivity index (χ1v) is 7.05. The van der Waals surface area contributed by atoms with Gasteiger partial charge in [-0.25, -0.2) is 9.59 Å². The number of urea groups is 1. The second kappa shape index (κ2) is 6.90. The van der Waals surface area contributed by atoms with E-state index in [1.807, 2.05) is 0 Å². The minimum Gasteiger partial charge on any atom is -0.479 e. The minimum absolute atomic E-state index is 0.130. The summed E-state index contributed by atoms with van der Waals surface area (Å²) in [5, 5.41) is 11.6. The molecule has 20 heavy (non-hydrogen) atoms. The normalized spacial score (nSPS) is 29.4. The number of carbonyl (C=O) groups excluding carboxylic acids is 1. The van der Waals surface area contributed by atoms with Gasteiger partial charge >= 0.3 is 12.0 Å². The van der Waals surface area contributed by atoms with Crippen LogP contribution in [0.25, 0.3) is 0 Å². The third-order valence-corrected chi connectivity index (χ3v) is 3.71. The Morgan fingerprint density at radius 3 is 2.70 bits per heavy atom. The first kappa shape index (κ1) is 15.1. The molecule has 0 saturated carbocycles. The zero-order valence-electron chi connectivity index (χ0n) is 11.7. The summed E-state index contributed by atoms with van der Waals surface area (Å²) in [6.45, 7) is 1.69. The number of hydrogen-bond donors (Lipinski definition) is 2. The lowest BCUT2D eigenvalue weighted by atomic mass is 10.2. The third-order valence-electron chi connectivity index (χ3n) is 3.71. The quantitative estimate of drug-likeness (QED) is 0.765. The van der Waals surface area contributed by atoms with Gasteiger partial charge in [0.15, 0.2) is 6.10 Å². The fraction of sp³-hybridized carbons (Fsp3) is 0.846. The highest BCUT2D eigenvalue weighted by atomic mass is 16.5. The SMILES string of the molecule is CN(CC1CCCO1)C(=O)NCC1CCC(C(=O)O)O1. The van der Waals surface area contributed by atoms with Crippen LogP contribution in [-0.2, 0) is 14.3 Å². The molecule has 0 aromatic heterocycles. The molecule has 2 amide bonds. The van der Waals surface area contributed by atoms with E-state index >= 15 is 0 Å². The number of carbonyl (C=O) groups is 2. The fourth-order valence-corrected chi connectivity index (χ4v) is 2.55. The Hall–Kier alpha value is -1.34. The van der Waals surface area contributed by atoms with Crippen molar-refractivity contribution < 1.29 is 24.2 Å². The van der Waals surface area contributed by atoms with Crippen molar-refractivity contribution in [3.8, 4) is 0 Å². The standard InChI is InChI=1S/C13H22N2O5/c1-15(8-10-3-2-6-19-10)13(18)14-7-9-4-5-11(20-9)12(16)17/h9-11H,2-8H2,1H3,(H,14,18)(H,16,17).